The fourth-order valence-electron chi connectivity index (χ4n) is 4.61. The number of nitrogens with zero attached hydrogens (tertiary/aromatic N) is 5. The van der Waals surface area contributed by atoms with Crippen LogP contribution in [0.1, 0.15) is 51.7 Å². The van der Waals surface area contributed by atoms with Gasteiger partial charge in [-0.05, 0) is 50.1 Å². The lowest BCUT2D eigenvalue weighted by Crippen LogP contribution is -2.38. The van der Waals surface area contributed by atoms with Crippen molar-refractivity contribution in [3.63, 3.8) is 0 Å². The molecule has 1 saturated heterocycles. The molecule has 0 radical (unpaired) electrons. The summed E-state index contributed by atoms with van der Waals surface area (Å²) in [7, 11) is 0. The molecular weight excluding hydrogens is 465 g/mol. The lowest BCUT2D eigenvalue weighted by atomic mass is 9.86. The predicted octanol–water partition coefficient (Wildman–Crippen LogP) is 6.07. The van der Waals surface area contributed by atoms with E-state index in [9.17, 15) is 18.4 Å². The van der Waals surface area contributed by atoms with Crippen LogP contribution in [0.15, 0.2) is 52.6 Å². The minimum absolute atomic E-state index is 0.0329. The SMILES string of the molecule is CC(C)C1=NC(Nc2ccc(C(C)(C)C#N)cc2)C2CCN(c3ncccc3C(F)(F)F)CCC2=N1. The highest BCUT2D eigenvalue weighted by molar-refractivity contribution is 6.02. The molecule has 6 nitrogen and oxygen atoms in total. The molecule has 1 N–H and O–H groups in total. The van der Waals surface area contributed by atoms with Gasteiger partial charge in [0.1, 0.15) is 17.8 Å². The Hall–Kier alpha value is -3.41. The van der Waals surface area contributed by atoms with Crippen molar-refractivity contribution in [1.82, 2.24) is 4.98 Å². The Morgan fingerprint density at radius 2 is 1.83 bits per heavy atom. The standard InChI is InChI=1S/C27H31F3N6/c1-17(2)23-34-22-12-15-36(25-21(27(28,29)30)6-5-13-32-25)14-11-20(22)24(35-23)33-19-9-7-18(8-10-19)26(3,4)16-31/h5-10,13,17,20,24,33H,11-12,14-15H2,1-4H3. The molecule has 36 heavy (non-hydrogen) atoms. The number of aromatic nitrogens is 1. The van der Waals surface area contributed by atoms with Crippen molar-refractivity contribution in [2.45, 2.75) is 58.3 Å². The zero-order valence-corrected chi connectivity index (χ0v) is 21.0. The highest BCUT2D eigenvalue weighted by atomic mass is 19.4. The average molecular weight is 497 g/mol. The zero-order valence-electron chi connectivity index (χ0n) is 21.0. The van der Waals surface area contributed by atoms with Gasteiger partial charge in [-0.3, -0.25) is 0 Å². The number of pyridine rings is 1. The Balaban J connectivity index is 1.59. The van der Waals surface area contributed by atoms with Crippen LogP contribution in [0.2, 0.25) is 0 Å². The van der Waals surface area contributed by atoms with Crippen LogP contribution in [-0.2, 0) is 11.6 Å². The van der Waals surface area contributed by atoms with Gasteiger partial charge in [0.2, 0.25) is 0 Å². The van der Waals surface area contributed by atoms with E-state index < -0.39 is 17.2 Å². The smallest absolute Gasteiger partial charge is 0.363 e. The average Bonchev–Trinajstić information content (AvgIpc) is 3.07. The van der Waals surface area contributed by atoms with Crippen LogP contribution < -0.4 is 10.2 Å². The van der Waals surface area contributed by atoms with E-state index in [1.807, 2.05) is 52.0 Å². The molecule has 0 amide bonds. The molecule has 1 fully saturated rings. The molecule has 3 heterocycles. The van der Waals surface area contributed by atoms with E-state index >= 15 is 0 Å². The molecule has 2 unspecified atom stereocenters. The molecule has 4 rings (SSSR count). The summed E-state index contributed by atoms with van der Waals surface area (Å²) in [6.45, 7) is 8.65. The van der Waals surface area contributed by atoms with E-state index in [1.165, 1.54) is 12.3 Å². The molecule has 0 aliphatic carbocycles. The van der Waals surface area contributed by atoms with Gasteiger partial charge in [0.05, 0.1) is 17.0 Å². The van der Waals surface area contributed by atoms with Gasteiger partial charge in [0, 0.05) is 48.9 Å². The van der Waals surface area contributed by atoms with Crippen molar-refractivity contribution < 1.29 is 13.2 Å². The van der Waals surface area contributed by atoms with Gasteiger partial charge in [-0.15, -0.1) is 0 Å². The third kappa shape index (κ3) is 5.38. The Bertz CT molecular complexity index is 1190. The molecule has 9 heteroatoms. The summed E-state index contributed by atoms with van der Waals surface area (Å²) >= 11 is 0. The van der Waals surface area contributed by atoms with Gasteiger partial charge in [-0.2, -0.15) is 18.4 Å². The molecule has 0 bridgehead atoms. The van der Waals surface area contributed by atoms with E-state index in [1.54, 1.807) is 4.90 Å². The number of halogens is 3. The van der Waals surface area contributed by atoms with Crippen molar-refractivity contribution in [1.29, 1.82) is 5.26 Å². The molecule has 2 aromatic rings. The van der Waals surface area contributed by atoms with Crippen LogP contribution in [-0.4, -0.2) is 35.8 Å². The number of nitriles is 1. The summed E-state index contributed by atoms with van der Waals surface area (Å²) in [6.07, 6.45) is -2.21. The van der Waals surface area contributed by atoms with Gasteiger partial charge < -0.3 is 10.2 Å². The third-order valence-corrected chi connectivity index (χ3v) is 6.80. The number of fused-ring (bicyclic) bond motifs is 1. The summed E-state index contributed by atoms with van der Waals surface area (Å²) in [5, 5.41) is 12.9. The van der Waals surface area contributed by atoms with Crippen molar-refractivity contribution in [3.8, 4) is 6.07 Å². The van der Waals surface area contributed by atoms with Crippen LogP contribution in [0.4, 0.5) is 24.7 Å². The van der Waals surface area contributed by atoms with Crippen molar-refractivity contribution in [2.75, 3.05) is 23.3 Å². The number of hydrogen-bond acceptors (Lipinski definition) is 6. The zero-order chi connectivity index (χ0) is 26.1. The van der Waals surface area contributed by atoms with Crippen LogP contribution in [0.25, 0.3) is 0 Å². The summed E-state index contributed by atoms with van der Waals surface area (Å²) < 4.78 is 40.9. The molecule has 2 aliphatic heterocycles. The van der Waals surface area contributed by atoms with E-state index in [4.69, 9.17) is 9.98 Å². The fourth-order valence-corrected chi connectivity index (χ4v) is 4.61. The molecule has 2 aliphatic rings. The number of anilines is 2. The maximum absolute atomic E-state index is 13.6. The Morgan fingerprint density at radius 1 is 1.11 bits per heavy atom. The van der Waals surface area contributed by atoms with Crippen molar-refractivity contribution >= 4 is 23.1 Å². The first-order chi connectivity index (χ1) is 17.0. The van der Waals surface area contributed by atoms with Crippen LogP contribution in [0, 0.1) is 23.2 Å². The Kier molecular flexibility index (Phi) is 7.07. The highest BCUT2D eigenvalue weighted by Crippen LogP contribution is 2.37. The van der Waals surface area contributed by atoms with Crippen molar-refractivity contribution in [3.05, 3.63) is 53.7 Å². The first-order valence-corrected chi connectivity index (χ1v) is 12.2. The number of amidine groups is 1. The predicted molar refractivity (Wildman–Crippen MR) is 136 cm³/mol. The minimum Gasteiger partial charge on any atom is -0.363 e. The first-order valence-electron chi connectivity index (χ1n) is 12.2. The lowest BCUT2D eigenvalue weighted by molar-refractivity contribution is -0.137. The highest BCUT2D eigenvalue weighted by Gasteiger charge is 2.38. The van der Waals surface area contributed by atoms with Crippen LogP contribution >= 0.6 is 0 Å². The minimum atomic E-state index is -4.47. The molecule has 1 aromatic heterocycles. The topological polar surface area (TPSA) is 76.7 Å². The second-order valence-corrected chi connectivity index (χ2v) is 10.2. The van der Waals surface area contributed by atoms with E-state index in [0.29, 0.717) is 25.9 Å². The first kappa shape index (κ1) is 25.7. The Morgan fingerprint density at radius 3 is 2.47 bits per heavy atom. The second-order valence-electron chi connectivity index (χ2n) is 10.2. The quantitative estimate of drug-likeness (QED) is 0.546. The number of aliphatic imine (C=N–C) groups is 2. The maximum Gasteiger partial charge on any atom is 0.419 e. The summed E-state index contributed by atoms with van der Waals surface area (Å²) in [6, 6.07) is 12.5. The van der Waals surface area contributed by atoms with E-state index in [2.05, 4.69) is 16.4 Å². The van der Waals surface area contributed by atoms with Crippen LogP contribution in [0.3, 0.4) is 0 Å². The second kappa shape index (κ2) is 9.92. The monoisotopic (exact) mass is 496 g/mol. The van der Waals surface area contributed by atoms with Gasteiger partial charge in [0.15, 0.2) is 0 Å². The molecule has 0 spiro atoms. The van der Waals surface area contributed by atoms with Gasteiger partial charge in [0.25, 0.3) is 0 Å². The number of hydrogen-bond donors (Lipinski definition) is 1. The number of benzene rings is 1. The molecule has 2 atom stereocenters. The largest absolute Gasteiger partial charge is 0.419 e. The van der Waals surface area contributed by atoms with Crippen LogP contribution in [0.5, 0.6) is 0 Å². The van der Waals surface area contributed by atoms with Gasteiger partial charge in [-0.25, -0.2) is 15.0 Å². The molecule has 0 saturated carbocycles. The van der Waals surface area contributed by atoms with Gasteiger partial charge >= 0.3 is 6.18 Å². The lowest BCUT2D eigenvalue weighted by Gasteiger charge is -2.31. The van der Waals surface area contributed by atoms with Crippen molar-refractivity contribution in [2.24, 2.45) is 21.8 Å². The van der Waals surface area contributed by atoms with Gasteiger partial charge in [-0.1, -0.05) is 26.0 Å². The molecule has 1 aromatic carbocycles. The fraction of sp³-hybridized carbons (Fsp3) is 0.481. The summed E-state index contributed by atoms with van der Waals surface area (Å²) in [5.74, 6) is 0.775. The Labute approximate surface area is 210 Å². The van der Waals surface area contributed by atoms with E-state index in [0.717, 1.165) is 28.9 Å². The number of alkyl halides is 3. The molecule has 190 valence electrons. The molecular formula is C27H31F3N6. The summed E-state index contributed by atoms with van der Waals surface area (Å²) in [5.41, 5.74) is 1.45. The third-order valence-electron chi connectivity index (χ3n) is 6.80. The summed E-state index contributed by atoms with van der Waals surface area (Å²) in [4.78, 5) is 15.5. The number of nitrogens with one attached hydrogen (secondary N) is 1. The van der Waals surface area contributed by atoms with E-state index in [-0.39, 0.29) is 23.8 Å². The number of rotatable bonds is 5. The maximum atomic E-state index is 13.6. The normalized spacial score (nSPS) is 20.7.